The van der Waals surface area contributed by atoms with E-state index in [4.69, 9.17) is 5.11 Å². The van der Waals surface area contributed by atoms with Crippen LogP contribution in [0.2, 0.25) is 0 Å². The Kier molecular flexibility index (Phi) is 6.29. The highest BCUT2D eigenvalue weighted by atomic mass is 16.5. The molecular weight excluding hydrogens is 296 g/mol. The second kappa shape index (κ2) is 7.74. The summed E-state index contributed by atoms with van der Waals surface area (Å²) in [6.07, 6.45) is -1.32. The van der Waals surface area contributed by atoms with Crippen molar-refractivity contribution in [1.82, 2.24) is 10.2 Å². The fourth-order valence-electron chi connectivity index (χ4n) is 2.26. The monoisotopic (exact) mass is 316 g/mol. The lowest BCUT2D eigenvalue weighted by Gasteiger charge is -2.23. The molecule has 0 aromatic heterocycles. The molecule has 1 rings (SSSR count). The smallest absolute Gasteiger partial charge is 0.326 e. The molecule has 1 heterocycles. The number of carbonyl (C=O) groups is 4. The summed E-state index contributed by atoms with van der Waals surface area (Å²) in [5.41, 5.74) is 0. The van der Waals surface area contributed by atoms with Crippen molar-refractivity contribution in [2.45, 2.75) is 44.9 Å². The summed E-state index contributed by atoms with van der Waals surface area (Å²) >= 11 is 0. The zero-order valence-electron chi connectivity index (χ0n) is 12.4. The molecule has 3 atom stereocenters. The van der Waals surface area contributed by atoms with Crippen LogP contribution < -0.4 is 5.32 Å². The highest BCUT2D eigenvalue weighted by Crippen LogP contribution is 2.18. The molecule has 3 N–H and O–H groups in total. The molecule has 0 bridgehead atoms. The molecule has 9 nitrogen and oxygen atoms in total. The SMILES string of the molecule is CCOC(=O)C[C@@H](NC(=O)[C@@H]1C[C@@H](O)CN1C(C)=O)C(=O)O. The van der Waals surface area contributed by atoms with E-state index in [0.29, 0.717) is 0 Å². The van der Waals surface area contributed by atoms with Crippen LogP contribution in [-0.4, -0.2) is 70.2 Å². The Labute approximate surface area is 127 Å². The van der Waals surface area contributed by atoms with Gasteiger partial charge >= 0.3 is 11.9 Å². The quantitative estimate of drug-likeness (QED) is 0.507. The predicted molar refractivity (Wildman–Crippen MR) is 72.6 cm³/mol. The van der Waals surface area contributed by atoms with E-state index in [9.17, 15) is 24.3 Å². The van der Waals surface area contributed by atoms with E-state index in [1.54, 1.807) is 6.92 Å². The summed E-state index contributed by atoms with van der Waals surface area (Å²) in [6, 6.07) is -2.39. The summed E-state index contributed by atoms with van der Waals surface area (Å²) in [5.74, 6) is -3.24. The van der Waals surface area contributed by atoms with E-state index in [1.807, 2.05) is 0 Å². The molecule has 0 unspecified atom stereocenters. The van der Waals surface area contributed by atoms with Crippen molar-refractivity contribution < 1.29 is 34.1 Å². The molecule has 0 aliphatic carbocycles. The molecule has 0 spiro atoms. The van der Waals surface area contributed by atoms with Crippen LogP contribution in [0.5, 0.6) is 0 Å². The number of rotatable bonds is 6. The van der Waals surface area contributed by atoms with Crippen LogP contribution in [-0.2, 0) is 23.9 Å². The number of aliphatic hydroxyl groups excluding tert-OH is 1. The van der Waals surface area contributed by atoms with Gasteiger partial charge in [0.25, 0.3) is 0 Å². The van der Waals surface area contributed by atoms with Crippen LogP contribution in [0.1, 0.15) is 26.7 Å². The first-order chi connectivity index (χ1) is 10.3. The molecule has 1 fully saturated rings. The Hall–Kier alpha value is -2.16. The van der Waals surface area contributed by atoms with Crippen LogP contribution in [0.4, 0.5) is 0 Å². The number of amides is 2. The van der Waals surface area contributed by atoms with Crippen LogP contribution in [0.25, 0.3) is 0 Å². The first kappa shape index (κ1) is 17.9. The molecule has 0 aromatic carbocycles. The molecule has 9 heteroatoms. The van der Waals surface area contributed by atoms with Crippen molar-refractivity contribution in [1.29, 1.82) is 0 Å². The van der Waals surface area contributed by atoms with E-state index in [-0.39, 0.29) is 19.6 Å². The van der Waals surface area contributed by atoms with Crippen molar-refractivity contribution in [3.8, 4) is 0 Å². The number of hydrogen-bond acceptors (Lipinski definition) is 6. The fourth-order valence-corrected chi connectivity index (χ4v) is 2.26. The lowest BCUT2D eigenvalue weighted by atomic mass is 10.1. The third-order valence-electron chi connectivity index (χ3n) is 3.28. The molecule has 124 valence electrons. The predicted octanol–water partition coefficient (Wildman–Crippen LogP) is -1.51. The normalized spacial score (nSPS) is 22.0. The van der Waals surface area contributed by atoms with Crippen LogP contribution in [0, 0.1) is 0 Å². The Morgan fingerprint density at radius 3 is 2.50 bits per heavy atom. The number of hydrogen-bond donors (Lipinski definition) is 3. The Bertz CT molecular complexity index is 465. The topological polar surface area (TPSA) is 133 Å². The standard InChI is InChI=1S/C13H20N2O7/c1-3-22-11(18)5-9(13(20)21)14-12(19)10-4-8(17)6-15(10)7(2)16/h8-10,17H,3-6H2,1-2H3,(H,14,19)(H,20,21)/t8-,9-,10+/m1/s1. The van der Waals surface area contributed by atoms with Crippen molar-refractivity contribution in [2.24, 2.45) is 0 Å². The summed E-state index contributed by atoms with van der Waals surface area (Å²) in [6.45, 7) is 2.96. The van der Waals surface area contributed by atoms with Crippen molar-refractivity contribution in [3.63, 3.8) is 0 Å². The van der Waals surface area contributed by atoms with E-state index < -0.39 is 48.4 Å². The number of carbonyl (C=O) groups excluding carboxylic acids is 3. The maximum atomic E-state index is 12.1. The van der Waals surface area contributed by atoms with Crippen molar-refractivity contribution >= 4 is 23.8 Å². The highest BCUT2D eigenvalue weighted by Gasteiger charge is 2.39. The van der Waals surface area contributed by atoms with E-state index in [0.717, 1.165) is 0 Å². The number of ether oxygens (including phenoxy) is 1. The van der Waals surface area contributed by atoms with Crippen LogP contribution in [0.3, 0.4) is 0 Å². The number of esters is 1. The summed E-state index contributed by atoms with van der Waals surface area (Å²) in [4.78, 5) is 47.2. The number of β-amino-alcohol motifs (C(OH)–C–C–N with tert-alkyl or cyclic N) is 1. The van der Waals surface area contributed by atoms with E-state index in [1.165, 1.54) is 11.8 Å². The number of aliphatic hydroxyl groups is 1. The van der Waals surface area contributed by atoms with Crippen LogP contribution >= 0.6 is 0 Å². The van der Waals surface area contributed by atoms with Gasteiger partial charge in [0.1, 0.15) is 12.1 Å². The van der Waals surface area contributed by atoms with E-state index >= 15 is 0 Å². The Morgan fingerprint density at radius 1 is 1.36 bits per heavy atom. The summed E-state index contributed by atoms with van der Waals surface area (Å²) in [7, 11) is 0. The summed E-state index contributed by atoms with van der Waals surface area (Å²) in [5, 5.41) is 20.8. The van der Waals surface area contributed by atoms with Crippen molar-refractivity contribution in [2.75, 3.05) is 13.2 Å². The molecule has 1 aliphatic heterocycles. The van der Waals surface area contributed by atoms with Gasteiger partial charge in [0.05, 0.1) is 19.1 Å². The second-order valence-corrected chi connectivity index (χ2v) is 4.99. The maximum Gasteiger partial charge on any atom is 0.326 e. The molecule has 2 amide bonds. The minimum absolute atomic E-state index is 0.0169. The van der Waals surface area contributed by atoms with Gasteiger partial charge in [-0.1, -0.05) is 0 Å². The second-order valence-electron chi connectivity index (χ2n) is 4.99. The van der Waals surface area contributed by atoms with Gasteiger partial charge in [0, 0.05) is 19.9 Å². The minimum Gasteiger partial charge on any atom is -0.480 e. The van der Waals surface area contributed by atoms with E-state index in [2.05, 4.69) is 10.1 Å². The van der Waals surface area contributed by atoms with Gasteiger partial charge in [0.15, 0.2) is 0 Å². The molecule has 0 aromatic rings. The Balaban J connectivity index is 2.72. The third-order valence-corrected chi connectivity index (χ3v) is 3.28. The highest BCUT2D eigenvalue weighted by molar-refractivity contribution is 5.92. The number of aliphatic carboxylic acids is 1. The first-order valence-corrected chi connectivity index (χ1v) is 6.90. The average molecular weight is 316 g/mol. The fraction of sp³-hybridized carbons (Fsp3) is 0.692. The lowest BCUT2D eigenvalue weighted by Crippen LogP contribution is -2.51. The molecule has 1 aliphatic rings. The van der Waals surface area contributed by atoms with Gasteiger partial charge in [-0.25, -0.2) is 4.79 Å². The van der Waals surface area contributed by atoms with Gasteiger partial charge in [0.2, 0.25) is 11.8 Å². The number of carboxylic acids is 1. The average Bonchev–Trinajstić information content (AvgIpc) is 2.80. The number of carboxylic acid groups (broad SMARTS) is 1. The van der Waals surface area contributed by atoms with Gasteiger partial charge in [-0.3, -0.25) is 14.4 Å². The first-order valence-electron chi connectivity index (χ1n) is 6.90. The molecule has 22 heavy (non-hydrogen) atoms. The van der Waals surface area contributed by atoms with Gasteiger partial charge in [-0.05, 0) is 6.92 Å². The molecule has 1 saturated heterocycles. The number of likely N-dealkylation sites (tertiary alicyclic amines) is 1. The zero-order chi connectivity index (χ0) is 16.9. The van der Waals surface area contributed by atoms with Gasteiger partial charge in [-0.2, -0.15) is 0 Å². The van der Waals surface area contributed by atoms with Gasteiger partial charge in [-0.15, -0.1) is 0 Å². The summed E-state index contributed by atoms with van der Waals surface area (Å²) < 4.78 is 4.65. The minimum atomic E-state index is -1.45. The number of nitrogens with one attached hydrogen (secondary N) is 1. The maximum absolute atomic E-state index is 12.1. The molecular formula is C13H20N2O7. The van der Waals surface area contributed by atoms with Crippen molar-refractivity contribution in [3.05, 3.63) is 0 Å². The molecule has 0 saturated carbocycles. The van der Waals surface area contributed by atoms with Gasteiger partial charge < -0.3 is 25.2 Å². The lowest BCUT2D eigenvalue weighted by molar-refractivity contribution is -0.150. The zero-order valence-corrected chi connectivity index (χ0v) is 12.4. The van der Waals surface area contributed by atoms with Crippen LogP contribution in [0.15, 0.2) is 0 Å². The largest absolute Gasteiger partial charge is 0.480 e. The third kappa shape index (κ3) is 4.69. The Morgan fingerprint density at radius 2 is 2.00 bits per heavy atom. The number of nitrogens with zero attached hydrogens (tertiary/aromatic N) is 1. The molecule has 0 radical (unpaired) electrons.